The summed E-state index contributed by atoms with van der Waals surface area (Å²) in [5, 5.41) is 2.62. The Labute approximate surface area is 135 Å². The lowest BCUT2D eigenvalue weighted by Crippen LogP contribution is -2.27. The number of aryl methyl sites for hydroxylation is 1. The van der Waals surface area contributed by atoms with Crippen LogP contribution in [0.15, 0.2) is 40.8 Å². The molecule has 0 aliphatic rings. The fourth-order valence-electron chi connectivity index (χ4n) is 1.96. The molecule has 0 radical (unpaired) electrons. The minimum atomic E-state index is -0.559. The van der Waals surface area contributed by atoms with Crippen LogP contribution in [0.3, 0.4) is 0 Å². The fraction of sp³-hybridized carbons (Fsp3) is 0.333. The maximum Gasteiger partial charge on any atom is 0.412 e. The molecule has 5 nitrogen and oxygen atoms in total. The third kappa shape index (κ3) is 4.71. The van der Waals surface area contributed by atoms with Crippen molar-refractivity contribution in [1.82, 2.24) is 0 Å². The van der Waals surface area contributed by atoms with Crippen molar-refractivity contribution in [3.8, 4) is 0 Å². The summed E-state index contributed by atoms with van der Waals surface area (Å²) >= 11 is 0. The van der Waals surface area contributed by atoms with Crippen LogP contribution in [0.1, 0.15) is 49.6 Å². The van der Waals surface area contributed by atoms with Crippen molar-refractivity contribution in [1.29, 1.82) is 0 Å². The van der Waals surface area contributed by atoms with E-state index in [1.165, 1.54) is 0 Å². The zero-order chi connectivity index (χ0) is 17.0. The Kier molecular flexibility index (Phi) is 4.89. The van der Waals surface area contributed by atoms with Gasteiger partial charge in [0.2, 0.25) is 5.78 Å². The molecule has 2 rings (SSSR count). The van der Waals surface area contributed by atoms with E-state index < -0.39 is 11.7 Å². The zero-order valence-corrected chi connectivity index (χ0v) is 13.8. The topological polar surface area (TPSA) is 68.5 Å². The second kappa shape index (κ2) is 6.69. The second-order valence-electron chi connectivity index (χ2n) is 6.15. The number of hydrogen-bond donors (Lipinski definition) is 1. The van der Waals surface area contributed by atoms with Crippen LogP contribution < -0.4 is 5.32 Å². The summed E-state index contributed by atoms with van der Waals surface area (Å²) in [5.74, 6) is 0.903. The second-order valence-corrected chi connectivity index (χ2v) is 6.15. The van der Waals surface area contributed by atoms with Crippen LogP contribution in [0.25, 0.3) is 0 Å². The van der Waals surface area contributed by atoms with Gasteiger partial charge in [0.15, 0.2) is 5.76 Å². The van der Waals surface area contributed by atoms with E-state index in [2.05, 4.69) is 5.32 Å². The van der Waals surface area contributed by atoms with Gasteiger partial charge >= 0.3 is 6.09 Å². The summed E-state index contributed by atoms with van der Waals surface area (Å²) < 4.78 is 10.6. The summed E-state index contributed by atoms with van der Waals surface area (Å²) in [6.07, 6.45) is 0.210. The van der Waals surface area contributed by atoms with E-state index in [1.807, 2.05) is 6.92 Å². The number of nitrogens with one attached hydrogen (secondary N) is 1. The Bertz CT molecular complexity index is 693. The van der Waals surface area contributed by atoms with Crippen LogP contribution >= 0.6 is 0 Å². The van der Waals surface area contributed by atoms with Crippen molar-refractivity contribution >= 4 is 17.6 Å². The molecule has 5 heteroatoms. The number of ketones is 1. The van der Waals surface area contributed by atoms with Crippen LogP contribution in [0, 0.1) is 0 Å². The van der Waals surface area contributed by atoms with E-state index in [1.54, 1.807) is 57.2 Å². The third-order valence-electron chi connectivity index (χ3n) is 3.03. The van der Waals surface area contributed by atoms with Crippen LogP contribution in [0.5, 0.6) is 0 Å². The maximum absolute atomic E-state index is 12.3. The molecule has 0 saturated heterocycles. The van der Waals surface area contributed by atoms with E-state index in [4.69, 9.17) is 9.15 Å². The van der Waals surface area contributed by atoms with Crippen molar-refractivity contribution in [3.63, 3.8) is 0 Å². The van der Waals surface area contributed by atoms with E-state index in [9.17, 15) is 9.59 Å². The van der Waals surface area contributed by atoms with Gasteiger partial charge in [0, 0.05) is 17.7 Å². The molecular weight excluding hydrogens is 294 g/mol. The molecule has 2 aromatic rings. The summed E-state index contributed by atoms with van der Waals surface area (Å²) in [6.45, 7) is 7.34. The molecule has 1 aromatic heterocycles. The highest BCUT2D eigenvalue weighted by Crippen LogP contribution is 2.17. The smallest absolute Gasteiger partial charge is 0.412 e. The average molecular weight is 315 g/mol. The van der Waals surface area contributed by atoms with Gasteiger partial charge in [-0.05, 0) is 57.2 Å². The normalized spacial score (nSPS) is 11.1. The first-order valence-corrected chi connectivity index (χ1v) is 7.52. The van der Waals surface area contributed by atoms with Crippen molar-refractivity contribution in [2.24, 2.45) is 0 Å². The van der Waals surface area contributed by atoms with Crippen LogP contribution in [0.2, 0.25) is 0 Å². The number of hydrogen-bond acceptors (Lipinski definition) is 4. The zero-order valence-electron chi connectivity index (χ0n) is 13.8. The van der Waals surface area contributed by atoms with Crippen molar-refractivity contribution in [2.45, 2.75) is 39.7 Å². The highest BCUT2D eigenvalue weighted by Gasteiger charge is 2.17. The fourth-order valence-corrected chi connectivity index (χ4v) is 1.96. The van der Waals surface area contributed by atoms with Gasteiger partial charge in [-0.2, -0.15) is 0 Å². The van der Waals surface area contributed by atoms with Gasteiger partial charge in [0.25, 0.3) is 0 Å². The molecule has 0 saturated carbocycles. The van der Waals surface area contributed by atoms with Crippen molar-refractivity contribution in [2.75, 3.05) is 5.32 Å². The number of furan rings is 1. The quantitative estimate of drug-likeness (QED) is 0.848. The molecule has 122 valence electrons. The lowest BCUT2D eigenvalue weighted by atomic mass is 10.1. The first-order valence-electron chi connectivity index (χ1n) is 7.52. The molecule has 0 aliphatic heterocycles. The summed E-state index contributed by atoms with van der Waals surface area (Å²) in [7, 11) is 0. The number of benzene rings is 1. The van der Waals surface area contributed by atoms with Gasteiger partial charge in [0.05, 0.1) is 0 Å². The molecule has 1 aromatic carbocycles. The minimum absolute atomic E-state index is 0.187. The summed E-state index contributed by atoms with van der Waals surface area (Å²) in [6, 6.07) is 10.1. The van der Waals surface area contributed by atoms with E-state index in [0.717, 1.165) is 12.2 Å². The lowest BCUT2D eigenvalue weighted by molar-refractivity contribution is 0.0636. The first kappa shape index (κ1) is 16.8. The van der Waals surface area contributed by atoms with E-state index in [0.29, 0.717) is 17.0 Å². The minimum Gasteiger partial charge on any atom is -0.458 e. The number of amides is 1. The Balaban J connectivity index is 2.04. The van der Waals surface area contributed by atoms with E-state index >= 15 is 0 Å². The summed E-state index contributed by atoms with van der Waals surface area (Å²) in [5.41, 5.74) is 0.497. The van der Waals surface area contributed by atoms with Crippen LogP contribution in [-0.4, -0.2) is 17.5 Å². The third-order valence-corrected chi connectivity index (χ3v) is 3.03. The van der Waals surface area contributed by atoms with Crippen LogP contribution in [0.4, 0.5) is 10.5 Å². The average Bonchev–Trinajstić information content (AvgIpc) is 2.94. The molecule has 23 heavy (non-hydrogen) atoms. The Hall–Kier alpha value is -2.56. The summed E-state index contributed by atoms with van der Waals surface area (Å²) in [4.78, 5) is 24.0. The molecule has 1 N–H and O–H groups in total. The molecule has 0 unspecified atom stereocenters. The van der Waals surface area contributed by atoms with E-state index in [-0.39, 0.29) is 5.78 Å². The Morgan fingerprint density at radius 2 is 1.74 bits per heavy atom. The Morgan fingerprint density at radius 3 is 2.26 bits per heavy atom. The standard InChI is InChI=1S/C18H21NO4/c1-5-14-10-11-15(22-14)16(20)12-6-8-13(9-7-12)19-17(21)23-18(2,3)4/h6-11H,5H2,1-4H3,(H,19,21). The van der Waals surface area contributed by atoms with Crippen molar-refractivity contribution < 1.29 is 18.7 Å². The molecule has 0 aliphatic carbocycles. The Morgan fingerprint density at radius 1 is 1.09 bits per heavy atom. The largest absolute Gasteiger partial charge is 0.458 e. The van der Waals surface area contributed by atoms with Gasteiger partial charge in [-0.25, -0.2) is 4.79 Å². The molecule has 0 fully saturated rings. The first-order chi connectivity index (χ1) is 10.8. The van der Waals surface area contributed by atoms with Gasteiger partial charge in [-0.15, -0.1) is 0 Å². The predicted molar refractivity (Wildman–Crippen MR) is 87.8 cm³/mol. The number of carbonyl (C=O) groups excluding carboxylic acids is 2. The maximum atomic E-state index is 12.3. The SMILES string of the molecule is CCc1ccc(C(=O)c2ccc(NC(=O)OC(C)(C)C)cc2)o1. The van der Waals surface area contributed by atoms with Gasteiger partial charge in [-0.1, -0.05) is 6.92 Å². The van der Waals surface area contributed by atoms with Crippen LogP contribution in [-0.2, 0) is 11.2 Å². The molecule has 0 spiro atoms. The van der Waals surface area contributed by atoms with Gasteiger partial charge in [-0.3, -0.25) is 10.1 Å². The monoisotopic (exact) mass is 315 g/mol. The molecule has 0 bridgehead atoms. The number of ether oxygens (including phenoxy) is 1. The number of carbonyl (C=O) groups is 2. The number of anilines is 1. The predicted octanol–water partition coefficient (Wildman–Crippen LogP) is 4.42. The lowest BCUT2D eigenvalue weighted by Gasteiger charge is -2.19. The van der Waals surface area contributed by atoms with Gasteiger partial charge in [0.1, 0.15) is 11.4 Å². The molecule has 0 atom stereocenters. The highest BCUT2D eigenvalue weighted by molar-refractivity contribution is 6.07. The molecule has 1 amide bonds. The van der Waals surface area contributed by atoms with Crippen molar-refractivity contribution in [3.05, 3.63) is 53.5 Å². The molecular formula is C18H21NO4. The van der Waals surface area contributed by atoms with Gasteiger partial charge < -0.3 is 9.15 Å². The molecule has 1 heterocycles. The highest BCUT2D eigenvalue weighted by atomic mass is 16.6. The number of rotatable bonds is 4.